The van der Waals surface area contributed by atoms with Crippen LogP contribution in [0.1, 0.15) is 55.7 Å². The van der Waals surface area contributed by atoms with Crippen LogP contribution in [0, 0.1) is 5.41 Å². The van der Waals surface area contributed by atoms with Gasteiger partial charge in [-0.1, -0.05) is 20.8 Å². The number of urea groups is 1. The number of rotatable bonds is 3. The Kier molecular flexibility index (Phi) is 4.87. The van der Waals surface area contributed by atoms with E-state index in [4.69, 9.17) is 11.5 Å². The summed E-state index contributed by atoms with van der Waals surface area (Å²) in [6, 6.07) is -0.963. The van der Waals surface area contributed by atoms with E-state index >= 15 is 0 Å². The van der Waals surface area contributed by atoms with Crippen molar-refractivity contribution >= 4 is 17.9 Å². The van der Waals surface area contributed by atoms with E-state index in [0.29, 0.717) is 41.6 Å². The fraction of sp³-hybridized carbons (Fsp3) is 0.550. The summed E-state index contributed by atoms with van der Waals surface area (Å²) in [6.07, 6.45) is 5.63. The van der Waals surface area contributed by atoms with Crippen LogP contribution >= 0.6 is 0 Å². The summed E-state index contributed by atoms with van der Waals surface area (Å²) in [5.74, 6) is 0.0729. The van der Waals surface area contributed by atoms with Crippen molar-refractivity contribution in [2.75, 3.05) is 24.5 Å². The summed E-state index contributed by atoms with van der Waals surface area (Å²) >= 11 is 0. The van der Waals surface area contributed by atoms with Gasteiger partial charge in [-0.25, -0.2) is 14.8 Å². The molecule has 0 saturated carbocycles. The molecule has 3 amide bonds. The number of nitrogens with zero attached hydrogens (tertiary/aromatic N) is 6. The first-order valence-electron chi connectivity index (χ1n) is 10.2. The van der Waals surface area contributed by atoms with Crippen molar-refractivity contribution < 1.29 is 9.59 Å². The van der Waals surface area contributed by atoms with Gasteiger partial charge in [0.05, 0.1) is 23.8 Å². The van der Waals surface area contributed by atoms with Gasteiger partial charge >= 0.3 is 6.03 Å². The Morgan fingerprint density at radius 3 is 2.20 bits per heavy atom. The number of fused-ring (bicyclic) bond motifs is 1. The lowest BCUT2D eigenvalue weighted by Crippen LogP contribution is -2.49. The van der Waals surface area contributed by atoms with Crippen molar-refractivity contribution in [2.45, 2.75) is 46.2 Å². The largest absolute Gasteiger partial charge is 0.365 e. The molecule has 2 aromatic rings. The number of primary amides is 2. The first-order chi connectivity index (χ1) is 14.2. The van der Waals surface area contributed by atoms with Gasteiger partial charge in [-0.2, -0.15) is 5.10 Å². The van der Waals surface area contributed by atoms with Crippen molar-refractivity contribution in [2.24, 2.45) is 16.9 Å². The second-order valence-corrected chi connectivity index (χ2v) is 8.96. The highest BCUT2D eigenvalue weighted by atomic mass is 16.2. The zero-order valence-corrected chi connectivity index (χ0v) is 17.6. The van der Waals surface area contributed by atoms with Crippen LogP contribution in [0.2, 0.25) is 0 Å². The maximum Gasteiger partial charge on any atom is 0.315 e. The number of nitrogens with two attached hydrogens (primary N) is 2. The summed E-state index contributed by atoms with van der Waals surface area (Å²) in [6.45, 7) is 8.71. The van der Waals surface area contributed by atoms with Crippen molar-refractivity contribution in [3.8, 4) is 11.3 Å². The number of carbonyl (C=O) groups is 2. The molecule has 4 rings (SSSR count). The van der Waals surface area contributed by atoms with Crippen molar-refractivity contribution in [3.63, 3.8) is 0 Å². The van der Waals surface area contributed by atoms with Crippen molar-refractivity contribution in [1.29, 1.82) is 0 Å². The van der Waals surface area contributed by atoms with Crippen LogP contribution in [-0.2, 0) is 6.54 Å². The van der Waals surface area contributed by atoms with Gasteiger partial charge in [-0.15, -0.1) is 0 Å². The van der Waals surface area contributed by atoms with E-state index in [0.717, 1.165) is 25.9 Å². The van der Waals surface area contributed by atoms with Gasteiger partial charge in [0.15, 0.2) is 0 Å². The van der Waals surface area contributed by atoms with Gasteiger partial charge < -0.3 is 21.3 Å². The van der Waals surface area contributed by atoms with Crippen LogP contribution in [0.15, 0.2) is 12.4 Å². The zero-order valence-electron chi connectivity index (χ0n) is 17.6. The first-order valence-corrected chi connectivity index (χ1v) is 10.2. The van der Waals surface area contributed by atoms with Crippen molar-refractivity contribution in [1.82, 2.24) is 24.6 Å². The molecule has 160 valence electrons. The number of hydrogen-bond donors (Lipinski definition) is 2. The molecule has 0 spiro atoms. The van der Waals surface area contributed by atoms with Crippen LogP contribution in [0.5, 0.6) is 0 Å². The second-order valence-electron chi connectivity index (χ2n) is 8.96. The number of anilines is 1. The minimum absolute atomic E-state index is 0.290. The molecular weight excluding hydrogens is 384 g/mol. The third-order valence-corrected chi connectivity index (χ3v) is 5.77. The van der Waals surface area contributed by atoms with Gasteiger partial charge in [-0.3, -0.25) is 9.48 Å². The van der Waals surface area contributed by atoms with Gasteiger partial charge in [0, 0.05) is 37.6 Å². The second kappa shape index (κ2) is 7.26. The fourth-order valence-corrected chi connectivity index (χ4v) is 4.49. The van der Waals surface area contributed by atoms with E-state index in [1.165, 1.54) is 0 Å². The number of carbonyl (C=O) groups excluding carboxylic acids is 2. The monoisotopic (exact) mass is 412 g/mol. The van der Waals surface area contributed by atoms with Gasteiger partial charge in [0.1, 0.15) is 5.69 Å². The summed E-state index contributed by atoms with van der Waals surface area (Å²) in [5, 5.41) is 4.67. The summed E-state index contributed by atoms with van der Waals surface area (Å²) in [7, 11) is 0. The number of amides is 3. The molecular formula is C20H28N8O2. The van der Waals surface area contributed by atoms with E-state index in [1.807, 2.05) is 20.8 Å². The van der Waals surface area contributed by atoms with Gasteiger partial charge in [-0.05, 0) is 18.3 Å². The Balaban J connectivity index is 1.82. The molecule has 4 heterocycles. The molecule has 1 fully saturated rings. The minimum atomic E-state index is -0.601. The molecule has 1 unspecified atom stereocenters. The van der Waals surface area contributed by atoms with Crippen LogP contribution in [0.4, 0.5) is 10.7 Å². The smallest absolute Gasteiger partial charge is 0.315 e. The molecule has 10 nitrogen and oxygen atoms in total. The average molecular weight is 412 g/mol. The number of hydrogen-bond acceptors (Lipinski definition) is 6. The lowest BCUT2D eigenvalue weighted by molar-refractivity contribution is 0.0899. The first kappa shape index (κ1) is 20.1. The molecule has 10 heteroatoms. The Bertz CT molecular complexity index is 970. The van der Waals surface area contributed by atoms with Crippen molar-refractivity contribution in [3.05, 3.63) is 23.7 Å². The quantitative estimate of drug-likeness (QED) is 0.784. The predicted octanol–water partition coefficient (Wildman–Crippen LogP) is 1.52. The SMILES string of the molecule is CC(C)(C)C1c2c(C(N)=O)c(-c3cnc(N4CCCC4)nc3)nn2CCN1C(N)=O. The molecule has 1 atom stereocenters. The molecule has 1 saturated heterocycles. The number of aromatic nitrogens is 4. The normalized spacial score (nSPS) is 19.1. The highest BCUT2D eigenvalue weighted by Crippen LogP contribution is 2.43. The van der Waals surface area contributed by atoms with E-state index < -0.39 is 18.0 Å². The third-order valence-electron chi connectivity index (χ3n) is 5.77. The standard InChI is InChI=1S/C20H28N8O2/c1-20(2,3)16-15-13(17(21)29)14(25-28(15)9-8-27(16)18(22)30)12-10-23-19(24-11-12)26-6-4-5-7-26/h10-11,16H,4-9H2,1-3H3,(H2,21,29)(H2,22,30). The fourth-order valence-electron chi connectivity index (χ4n) is 4.49. The molecule has 30 heavy (non-hydrogen) atoms. The predicted molar refractivity (Wildman–Crippen MR) is 112 cm³/mol. The lowest BCUT2D eigenvalue weighted by Gasteiger charge is -2.42. The minimum Gasteiger partial charge on any atom is -0.365 e. The Labute approximate surface area is 175 Å². The Morgan fingerprint density at radius 2 is 1.67 bits per heavy atom. The van der Waals surface area contributed by atoms with Crippen LogP contribution in [0.3, 0.4) is 0 Å². The van der Waals surface area contributed by atoms with Gasteiger partial charge in [0.2, 0.25) is 5.95 Å². The molecule has 0 radical (unpaired) electrons. The average Bonchev–Trinajstić information content (AvgIpc) is 3.34. The summed E-state index contributed by atoms with van der Waals surface area (Å²) in [4.78, 5) is 37.3. The van der Waals surface area contributed by atoms with E-state index in [9.17, 15) is 9.59 Å². The maximum absolute atomic E-state index is 12.5. The Hall–Kier alpha value is -3.17. The molecule has 2 aliphatic heterocycles. The molecule has 2 aromatic heterocycles. The van der Waals surface area contributed by atoms with Crippen LogP contribution < -0.4 is 16.4 Å². The highest BCUT2D eigenvalue weighted by Gasteiger charge is 2.43. The van der Waals surface area contributed by atoms with Crippen LogP contribution in [0.25, 0.3) is 11.3 Å². The van der Waals surface area contributed by atoms with Gasteiger partial charge in [0.25, 0.3) is 5.91 Å². The summed E-state index contributed by atoms with van der Waals surface area (Å²) in [5.41, 5.74) is 13.0. The molecule has 0 aromatic carbocycles. The van der Waals surface area contributed by atoms with E-state index in [-0.39, 0.29) is 5.41 Å². The van der Waals surface area contributed by atoms with E-state index in [1.54, 1.807) is 22.0 Å². The van der Waals surface area contributed by atoms with E-state index in [2.05, 4.69) is 20.0 Å². The highest BCUT2D eigenvalue weighted by molar-refractivity contribution is 6.00. The molecule has 0 aliphatic carbocycles. The summed E-state index contributed by atoms with van der Waals surface area (Å²) < 4.78 is 1.76. The van der Waals surface area contributed by atoms with Crippen LogP contribution in [-0.4, -0.2) is 56.2 Å². The maximum atomic E-state index is 12.5. The molecule has 2 aliphatic rings. The topological polar surface area (TPSA) is 136 Å². The zero-order chi connectivity index (χ0) is 21.6. The molecule has 0 bridgehead atoms. The third kappa shape index (κ3) is 3.35. The molecule has 4 N–H and O–H groups in total. The Morgan fingerprint density at radius 1 is 1.03 bits per heavy atom. The lowest BCUT2D eigenvalue weighted by atomic mass is 9.81.